The molecule has 0 aromatic heterocycles. The van der Waals surface area contributed by atoms with E-state index in [1.54, 1.807) is 0 Å². The van der Waals surface area contributed by atoms with Crippen LogP contribution in [-0.4, -0.2) is 11.1 Å². The number of alkyl halides is 3. The second-order valence-electron chi connectivity index (χ2n) is 4.08. The van der Waals surface area contributed by atoms with Crippen molar-refractivity contribution in [3.63, 3.8) is 0 Å². The van der Waals surface area contributed by atoms with Gasteiger partial charge < -0.3 is 5.11 Å². The summed E-state index contributed by atoms with van der Waals surface area (Å²) < 4.78 is 51.5. The van der Waals surface area contributed by atoms with Gasteiger partial charge >= 0.3 is 12.1 Å². The molecule has 0 atom stereocenters. The van der Waals surface area contributed by atoms with Gasteiger partial charge in [0.25, 0.3) is 0 Å². The maximum absolute atomic E-state index is 13.7. The average molecular weight is 284 g/mol. The van der Waals surface area contributed by atoms with Crippen LogP contribution in [0, 0.1) is 5.82 Å². The lowest BCUT2D eigenvalue weighted by Crippen LogP contribution is -2.05. The van der Waals surface area contributed by atoms with E-state index in [4.69, 9.17) is 5.11 Å². The Balaban J connectivity index is 2.57. The zero-order chi connectivity index (χ0) is 14.9. The topological polar surface area (TPSA) is 37.3 Å². The first kappa shape index (κ1) is 14.0. The number of aromatic carboxylic acids is 1. The lowest BCUT2D eigenvalue weighted by Gasteiger charge is -2.10. The standard InChI is InChI=1S/C14H8F4O2/c15-12-5-4-9(13(19)20)7-11(12)8-2-1-3-10(6-8)14(16,17)18/h1-7H,(H,19,20). The van der Waals surface area contributed by atoms with Crippen LogP contribution in [0.2, 0.25) is 0 Å². The van der Waals surface area contributed by atoms with E-state index in [1.807, 2.05) is 0 Å². The molecular formula is C14H8F4O2. The largest absolute Gasteiger partial charge is 0.478 e. The van der Waals surface area contributed by atoms with Crippen molar-refractivity contribution in [1.82, 2.24) is 0 Å². The number of halogens is 4. The molecule has 0 aliphatic carbocycles. The highest BCUT2D eigenvalue weighted by Crippen LogP contribution is 2.33. The molecule has 0 spiro atoms. The molecule has 0 radical (unpaired) electrons. The van der Waals surface area contributed by atoms with Crippen LogP contribution in [0.5, 0.6) is 0 Å². The molecule has 2 rings (SSSR count). The molecule has 0 bridgehead atoms. The lowest BCUT2D eigenvalue weighted by atomic mass is 10.0. The SMILES string of the molecule is O=C(O)c1ccc(F)c(-c2cccc(C(F)(F)F)c2)c1. The summed E-state index contributed by atoms with van der Waals surface area (Å²) in [7, 11) is 0. The van der Waals surface area contributed by atoms with Gasteiger partial charge in [0.1, 0.15) is 5.82 Å². The molecule has 104 valence electrons. The van der Waals surface area contributed by atoms with E-state index in [0.29, 0.717) is 0 Å². The lowest BCUT2D eigenvalue weighted by molar-refractivity contribution is -0.137. The summed E-state index contributed by atoms with van der Waals surface area (Å²) in [6, 6.07) is 7.05. The third kappa shape index (κ3) is 2.79. The van der Waals surface area contributed by atoms with Crippen LogP contribution < -0.4 is 0 Å². The number of hydrogen-bond acceptors (Lipinski definition) is 1. The second-order valence-corrected chi connectivity index (χ2v) is 4.08. The molecule has 0 heterocycles. The monoisotopic (exact) mass is 284 g/mol. The third-order valence-electron chi connectivity index (χ3n) is 2.71. The first-order valence-corrected chi connectivity index (χ1v) is 5.49. The van der Waals surface area contributed by atoms with E-state index in [9.17, 15) is 22.4 Å². The summed E-state index contributed by atoms with van der Waals surface area (Å²) in [5.74, 6) is -2.06. The van der Waals surface area contributed by atoms with Crippen LogP contribution in [0.1, 0.15) is 15.9 Å². The summed E-state index contributed by atoms with van der Waals surface area (Å²) >= 11 is 0. The Kier molecular flexibility index (Phi) is 3.48. The molecular weight excluding hydrogens is 276 g/mol. The molecule has 2 aromatic rings. The minimum atomic E-state index is -4.54. The molecule has 1 N–H and O–H groups in total. The molecule has 2 aromatic carbocycles. The number of benzene rings is 2. The summed E-state index contributed by atoms with van der Waals surface area (Å²) in [5, 5.41) is 8.83. The highest BCUT2D eigenvalue weighted by molar-refractivity contribution is 5.89. The molecule has 0 saturated carbocycles. The maximum Gasteiger partial charge on any atom is 0.416 e. The predicted octanol–water partition coefficient (Wildman–Crippen LogP) is 4.21. The van der Waals surface area contributed by atoms with E-state index in [2.05, 4.69) is 0 Å². The fourth-order valence-electron chi connectivity index (χ4n) is 1.74. The molecule has 0 aliphatic heterocycles. The van der Waals surface area contributed by atoms with Gasteiger partial charge in [-0.3, -0.25) is 0 Å². The molecule has 0 saturated heterocycles. The van der Waals surface area contributed by atoms with Gasteiger partial charge in [0.15, 0.2) is 0 Å². The molecule has 6 heteroatoms. The third-order valence-corrected chi connectivity index (χ3v) is 2.71. The van der Waals surface area contributed by atoms with E-state index in [-0.39, 0.29) is 16.7 Å². The van der Waals surface area contributed by atoms with E-state index in [0.717, 1.165) is 36.4 Å². The molecule has 0 aliphatic rings. The smallest absolute Gasteiger partial charge is 0.416 e. The predicted molar refractivity (Wildman–Crippen MR) is 63.8 cm³/mol. The van der Waals surface area contributed by atoms with Crippen LogP contribution >= 0.6 is 0 Å². The molecule has 20 heavy (non-hydrogen) atoms. The van der Waals surface area contributed by atoms with Crippen LogP contribution in [-0.2, 0) is 6.18 Å². The zero-order valence-corrected chi connectivity index (χ0v) is 9.91. The van der Waals surface area contributed by atoms with Crippen molar-refractivity contribution in [2.45, 2.75) is 6.18 Å². The van der Waals surface area contributed by atoms with Gasteiger partial charge in [-0.1, -0.05) is 12.1 Å². The van der Waals surface area contributed by atoms with Crippen LogP contribution in [0.4, 0.5) is 17.6 Å². The fourth-order valence-corrected chi connectivity index (χ4v) is 1.74. The summed E-state index contributed by atoms with van der Waals surface area (Å²) in [6.45, 7) is 0. The Morgan fingerprint density at radius 3 is 2.35 bits per heavy atom. The fraction of sp³-hybridized carbons (Fsp3) is 0.0714. The Morgan fingerprint density at radius 2 is 1.75 bits per heavy atom. The van der Waals surface area contributed by atoms with E-state index in [1.165, 1.54) is 6.07 Å². The number of carbonyl (C=O) groups is 1. The first-order chi connectivity index (χ1) is 9.29. The maximum atomic E-state index is 13.7. The van der Waals surface area contributed by atoms with Gasteiger partial charge in [-0.2, -0.15) is 13.2 Å². The average Bonchev–Trinajstić information content (AvgIpc) is 2.38. The quantitative estimate of drug-likeness (QED) is 0.839. The Hall–Kier alpha value is -2.37. The van der Waals surface area contributed by atoms with Crippen molar-refractivity contribution in [2.24, 2.45) is 0 Å². The van der Waals surface area contributed by atoms with Crippen molar-refractivity contribution in [1.29, 1.82) is 0 Å². The van der Waals surface area contributed by atoms with Crippen molar-refractivity contribution in [3.05, 3.63) is 59.4 Å². The first-order valence-electron chi connectivity index (χ1n) is 5.49. The Labute approximate surface area is 111 Å². The van der Waals surface area contributed by atoms with E-state index >= 15 is 0 Å². The van der Waals surface area contributed by atoms with Crippen LogP contribution in [0.15, 0.2) is 42.5 Å². The van der Waals surface area contributed by atoms with Crippen molar-refractivity contribution >= 4 is 5.97 Å². The van der Waals surface area contributed by atoms with Gasteiger partial charge in [-0.15, -0.1) is 0 Å². The zero-order valence-electron chi connectivity index (χ0n) is 9.91. The van der Waals surface area contributed by atoms with Gasteiger partial charge in [0.2, 0.25) is 0 Å². The summed E-state index contributed by atoms with van der Waals surface area (Å²) in [4.78, 5) is 10.8. The minimum absolute atomic E-state index is 0.0274. The summed E-state index contributed by atoms with van der Waals surface area (Å²) in [5.41, 5.74) is -1.33. The van der Waals surface area contributed by atoms with Crippen LogP contribution in [0.25, 0.3) is 11.1 Å². The van der Waals surface area contributed by atoms with Crippen molar-refractivity contribution in [2.75, 3.05) is 0 Å². The van der Waals surface area contributed by atoms with Gasteiger partial charge in [0.05, 0.1) is 11.1 Å². The Morgan fingerprint density at radius 1 is 1.05 bits per heavy atom. The van der Waals surface area contributed by atoms with Crippen molar-refractivity contribution in [3.8, 4) is 11.1 Å². The molecule has 0 fully saturated rings. The van der Waals surface area contributed by atoms with Gasteiger partial charge in [-0.05, 0) is 35.9 Å². The number of hydrogen-bond donors (Lipinski definition) is 1. The van der Waals surface area contributed by atoms with Gasteiger partial charge in [0, 0.05) is 5.56 Å². The normalized spacial score (nSPS) is 11.4. The second kappa shape index (κ2) is 4.96. The highest BCUT2D eigenvalue weighted by atomic mass is 19.4. The molecule has 0 unspecified atom stereocenters. The van der Waals surface area contributed by atoms with E-state index < -0.39 is 23.5 Å². The van der Waals surface area contributed by atoms with Crippen LogP contribution in [0.3, 0.4) is 0 Å². The van der Waals surface area contributed by atoms with Crippen molar-refractivity contribution < 1.29 is 27.5 Å². The number of carboxylic acid groups (broad SMARTS) is 1. The number of carboxylic acids is 1. The highest BCUT2D eigenvalue weighted by Gasteiger charge is 2.30. The summed E-state index contributed by atoms with van der Waals surface area (Å²) in [6.07, 6.45) is -4.54. The molecule has 2 nitrogen and oxygen atoms in total. The number of rotatable bonds is 2. The van der Waals surface area contributed by atoms with Gasteiger partial charge in [-0.25, -0.2) is 9.18 Å². The Bertz CT molecular complexity index is 662. The minimum Gasteiger partial charge on any atom is -0.478 e. The molecule has 0 amide bonds.